The number of methoxy groups -OCH3 is 1. The first-order chi connectivity index (χ1) is 9.11. The van der Waals surface area contributed by atoms with Crippen LogP contribution in [0.3, 0.4) is 0 Å². The van der Waals surface area contributed by atoms with E-state index < -0.39 is 12.1 Å². The maximum Gasteiger partial charge on any atom is 0.306 e. The molecule has 5 nitrogen and oxygen atoms in total. The maximum atomic E-state index is 11.5. The molecular weight excluding hydrogens is 286 g/mol. The highest BCUT2D eigenvalue weighted by molar-refractivity contribution is 7.99. The lowest BCUT2D eigenvalue weighted by Crippen LogP contribution is -2.35. The van der Waals surface area contributed by atoms with Crippen LogP contribution in [0.25, 0.3) is 0 Å². The fourth-order valence-corrected chi connectivity index (χ4v) is 3.05. The molecule has 0 saturated heterocycles. The van der Waals surface area contributed by atoms with Crippen LogP contribution in [-0.4, -0.2) is 42.5 Å². The number of carboxylic acid groups (broad SMARTS) is 1. The second-order valence-corrected chi connectivity index (χ2v) is 5.85. The van der Waals surface area contributed by atoms with Gasteiger partial charge in [0.05, 0.1) is 18.3 Å². The Kier molecular flexibility index (Phi) is 7.54. The molecule has 1 heterocycles. The Morgan fingerprint density at radius 1 is 1.58 bits per heavy atom. The van der Waals surface area contributed by atoms with Crippen molar-refractivity contribution in [3.8, 4) is 0 Å². The van der Waals surface area contributed by atoms with Crippen LogP contribution in [0.15, 0.2) is 17.5 Å². The van der Waals surface area contributed by atoms with Gasteiger partial charge in [-0.1, -0.05) is 6.07 Å². The SMILES string of the molecule is COC(CNC(=O)CSCc1cccs1)CC(=O)O. The van der Waals surface area contributed by atoms with Crippen LogP contribution in [-0.2, 0) is 20.1 Å². The van der Waals surface area contributed by atoms with E-state index in [2.05, 4.69) is 5.32 Å². The van der Waals surface area contributed by atoms with Crippen molar-refractivity contribution in [2.45, 2.75) is 18.3 Å². The van der Waals surface area contributed by atoms with E-state index in [0.29, 0.717) is 5.75 Å². The predicted octanol–water partition coefficient (Wildman–Crippen LogP) is 1.59. The molecule has 0 spiro atoms. The number of ether oxygens (including phenoxy) is 1. The molecule has 2 N–H and O–H groups in total. The number of thioether (sulfide) groups is 1. The van der Waals surface area contributed by atoms with Crippen LogP contribution in [0.2, 0.25) is 0 Å². The number of hydrogen-bond acceptors (Lipinski definition) is 5. The summed E-state index contributed by atoms with van der Waals surface area (Å²) >= 11 is 3.20. The predicted molar refractivity (Wildman–Crippen MR) is 76.5 cm³/mol. The molecule has 1 rings (SSSR count). The number of carbonyl (C=O) groups is 2. The summed E-state index contributed by atoms with van der Waals surface area (Å²) in [5.41, 5.74) is 0. The van der Waals surface area contributed by atoms with E-state index in [-0.39, 0.29) is 18.9 Å². The normalized spacial score (nSPS) is 12.1. The molecule has 1 aromatic heterocycles. The van der Waals surface area contributed by atoms with Crippen LogP contribution in [0.4, 0.5) is 0 Å². The zero-order valence-electron chi connectivity index (χ0n) is 10.6. The molecule has 0 saturated carbocycles. The monoisotopic (exact) mass is 303 g/mol. The first-order valence-electron chi connectivity index (χ1n) is 5.73. The lowest BCUT2D eigenvalue weighted by molar-refractivity contribution is -0.140. The van der Waals surface area contributed by atoms with Gasteiger partial charge in [-0.2, -0.15) is 0 Å². The van der Waals surface area contributed by atoms with Crippen LogP contribution < -0.4 is 5.32 Å². The Bertz CT molecular complexity index is 394. The van der Waals surface area contributed by atoms with Crippen LogP contribution in [0.1, 0.15) is 11.3 Å². The van der Waals surface area contributed by atoms with Gasteiger partial charge in [-0.3, -0.25) is 9.59 Å². The zero-order chi connectivity index (χ0) is 14.1. The first-order valence-corrected chi connectivity index (χ1v) is 7.76. The van der Waals surface area contributed by atoms with E-state index in [4.69, 9.17) is 9.84 Å². The van der Waals surface area contributed by atoms with Crippen molar-refractivity contribution in [1.82, 2.24) is 5.32 Å². The number of amides is 1. The summed E-state index contributed by atoms with van der Waals surface area (Å²) in [6.45, 7) is 0.223. The van der Waals surface area contributed by atoms with Crippen LogP contribution in [0, 0.1) is 0 Å². The molecule has 106 valence electrons. The molecular formula is C12H17NO4S2. The second-order valence-electron chi connectivity index (χ2n) is 3.83. The number of rotatable bonds is 9. The summed E-state index contributed by atoms with van der Waals surface area (Å²) in [5.74, 6) is 0.136. The fourth-order valence-electron chi connectivity index (χ4n) is 1.35. The molecule has 0 bridgehead atoms. The smallest absolute Gasteiger partial charge is 0.306 e. The van der Waals surface area contributed by atoms with Gasteiger partial charge in [0.2, 0.25) is 5.91 Å². The van der Waals surface area contributed by atoms with Crippen molar-refractivity contribution < 1.29 is 19.4 Å². The lowest BCUT2D eigenvalue weighted by Gasteiger charge is -2.13. The summed E-state index contributed by atoms with van der Waals surface area (Å²) in [6, 6.07) is 4.01. The molecule has 1 aromatic rings. The summed E-state index contributed by atoms with van der Waals surface area (Å²) in [6.07, 6.45) is -0.595. The highest BCUT2D eigenvalue weighted by Crippen LogP contribution is 2.16. The van der Waals surface area contributed by atoms with Crippen molar-refractivity contribution in [3.63, 3.8) is 0 Å². The molecule has 7 heteroatoms. The number of aliphatic carboxylic acids is 1. The summed E-state index contributed by atoms with van der Waals surface area (Å²) in [5, 5.41) is 13.3. The third kappa shape index (κ3) is 7.19. The van der Waals surface area contributed by atoms with E-state index in [0.717, 1.165) is 5.75 Å². The minimum atomic E-state index is -0.937. The highest BCUT2D eigenvalue weighted by Gasteiger charge is 2.13. The second kappa shape index (κ2) is 8.95. The van der Waals surface area contributed by atoms with E-state index in [1.165, 1.54) is 23.7 Å². The first kappa shape index (κ1) is 16.0. The average Bonchev–Trinajstić information content (AvgIpc) is 2.87. The third-order valence-corrected chi connectivity index (χ3v) is 4.36. The molecule has 1 amide bonds. The van der Waals surface area contributed by atoms with E-state index in [1.54, 1.807) is 11.3 Å². The zero-order valence-corrected chi connectivity index (χ0v) is 12.3. The molecule has 0 aliphatic carbocycles. The minimum Gasteiger partial charge on any atom is -0.481 e. The molecule has 19 heavy (non-hydrogen) atoms. The molecule has 0 aliphatic heterocycles. The Hall–Kier alpha value is -1.05. The van der Waals surface area contributed by atoms with Gasteiger partial charge >= 0.3 is 5.97 Å². The van der Waals surface area contributed by atoms with Crippen molar-refractivity contribution in [1.29, 1.82) is 0 Å². The lowest BCUT2D eigenvalue weighted by atomic mass is 10.2. The molecule has 1 atom stereocenters. The molecule has 0 aromatic carbocycles. The van der Waals surface area contributed by atoms with Gasteiger partial charge in [0.25, 0.3) is 0 Å². The van der Waals surface area contributed by atoms with E-state index in [1.807, 2.05) is 17.5 Å². The van der Waals surface area contributed by atoms with Crippen molar-refractivity contribution >= 4 is 35.0 Å². The van der Waals surface area contributed by atoms with E-state index >= 15 is 0 Å². The quantitative estimate of drug-likeness (QED) is 0.724. The van der Waals surface area contributed by atoms with E-state index in [9.17, 15) is 9.59 Å². The number of carbonyl (C=O) groups excluding carboxylic acids is 1. The Morgan fingerprint density at radius 2 is 2.37 bits per heavy atom. The van der Waals surface area contributed by atoms with Gasteiger partial charge in [0.1, 0.15) is 0 Å². The molecule has 1 unspecified atom stereocenters. The van der Waals surface area contributed by atoms with Gasteiger partial charge in [-0.25, -0.2) is 0 Å². The summed E-state index contributed by atoms with van der Waals surface area (Å²) < 4.78 is 4.97. The topological polar surface area (TPSA) is 75.6 Å². The van der Waals surface area contributed by atoms with Gasteiger partial charge in [0.15, 0.2) is 0 Å². The number of nitrogens with one attached hydrogen (secondary N) is 1. The number of carboxylic acids is 1. The minimum absolute atomic E-state index is 0.103. The Labute approximate surface area is 120 Å². The van der Waals surface area contributed by atoms with Crippen LogP contribution >= 0.6 is 23.1 Å². The molecule has 0 aliphatic rings. The van der Waals surface area contributed by atoms with Gasteiger partial charge < -0.3 is 15.2 Å². The summed E-state index contributed by atoms with van der Waals surface area (Å²) in [7, 11) is 1.44. The Balaban J connectivity index is 2.14. The molecule has 0 radical (unpaired) electrons. The Morgan fingerprint density at radius 3 is 2.95 bits per heavy atom. The standard InChI is InChI=1S/C12H17NO4S2/c1-17-9(5-12(15)16)6-13-11(14)8-18-7-10-3-2-4-19-10/h2-4,9H,5-8H2,1H3,(H,13,14)(H,15,16). The average molecular weight is 303 g/mol. The number of thiophene rings is 1. The van der Waals surface area contributed by atoms with Crippen molar-refractivity contribution in [2.24, 2.45) is 0 Å². The van der Waals surface area contributed by atoms with Crippen molar-refractivity contribution in [2.75, 3.05) is 19.4 Å². The third-order valence-electron chi connectivity index (χ3n) is 2.32. The maximum absolute atomic E-state index is 11.5. The van der Waals surface area contributed by atoms with Crippen LogP contribution in [0.5, 0.6) is 0 Å². The fraction of sp³-hybridized carbons (Fsp3) is 0.500. The van der Waals surface area contributed by atoms with Gasteiger partial charge in [-0.15, -0.1) is 23.1 Å². The molecule has 0 fully saturated rings. The largest absolute Gasteiger partial charge is 0.481 e. The highest BCUT2D eigenvalue weighted by atomic mass is 32.2. The number of hydrogen-bond donors (Lipinski definition) is 2. The van der Waals surface area contributed by atoms with Gasteiger partial charge in [-0.05, 0) is 11.4 Å². The van der Waals surface area contributed by atoms with Gasteiger partial charge in [0, 0.05) is 24.3 Å². The van der Waals surface area contributed by atoms with Crippen molar-refractivity contribution in [3.05, 3.63) is 22.4 Å². The summed E-state index contributed by atoms with van der Waals surface area (Å²) in [4.78, 5) is 23.3.